The first-order chi connectivity index (χ1) is 19.4. The van der Waals surface area contributed by atoms with Crippen molar-refractivity contribution >= 4 is 11.6 Å². The Morgan fingerprint density at radius 1 is 0.525 bits per heavy atom. The van der Waals surface area contributed by atoms with Gasteiger partial charge in [0.15, 0.2) is 11.6 Å². The predicted octanol–water partition coefficient (Wildman–Crippen LogP) is 11.5. The Balaban J connectivity index is 0.000000220. The lowest BCUT2D eigenvalue weighted by atomic mass is 9.77. The van der Waals surface area contributed by atoms with E-state index in [1.54, 1.807) is 13.8 Å². The van der Waals surface area contributed by atoms with E-state index < -0.39 is 0 Å². The van der Waals surface area contributed by atoms with Gasteiger partial charge in [-0.1, -0.05) is 114 Å². The van der Waals surface area contributed by atoms with Crippen molar-refractivity contribution in [3.05, 3.63) is 70.8 Å². The molecule has 0 amide bonds. The van der Waals surface area contributed by atoms with Gasteiger partial charge < -0.3 is 0 Å². The molecule has 0 bridgehead atoms. The molecule has 2 aromatic carbocycles. The third kappa shape index (κ3) is 10.6. The van der Waals surface area contributed by atoms with Crippen molar-refractivity contribution in [1.82, 2.24) is 0 Å². The highest BCUT2D eigenvalue weighted by Gasteiger charge is 2.23. The summed E-state index contributed by atoms with van der Waals surface area (Å²) in [5.74, 6) is 3.70. The second-order valence-electron chi connectivity index (χ2n) is 12.8. The van der Waals surface area contributed by atoms with Crippen LogP contribution in [-0.4, -0.2) is 11.6 Å². The van der Waals surface area contributed by atoms with E-state index in [-0.39, 0.29) is 11.6 Å². The summed E-state index contributed by atoms with van der Waals surface area (Å²) in [5.41, 5.74) is 4.54. The number of ketones is 2. The van der Waals surface area contributed by atoms with Gasteiger partial charge in [-0.15, -0.1) is 0 Å². The summed E-state index contributed by atoms with van der Waals surface area (Å²) >= 11 is 0. The Bertz CT molecular complexity index is 903. The number of hydrogen-bond acceptors (Lipinski definition) is 2. The lowest BCUT2D eigenvalue weighted by Crippen LogP contribution is -2.13. The molecule has 2 aromatic rings. The van der Waals surface area contributed by atoms with Crippen molar-refractivity contribution in [3.8, 4) is 0 Å². The summed E-state index contributed by atoms with van der Waals surface area (Å²) in [6.07, 6.45) is 22.0. The first kappa shape index (κ1) is 32.3. The topological polar surface area (TPSA) is 34.1 Å². The summed E-state index contributed by atoms with van der Waals surface area (Å²) in [7, 11) is 0. The van der Waals surface area contributed by atoms with Gasteiger partial charge in [0.05, 0.1) is 0 Å². The Labute approximate surface area is 245 Å². The molecule has 0 saturated heterocycles. The number of unbranched alkanes of at least 4 members (excludes halogenated alkanes) is 4. The van der Waals surface area contributed by atoms with Gasteiger partial charge in [0.25, 0.3) is 0 Å². The van der Waals surface area contributed by atoms with Crippen LogP contribution in [0.25, 0.3) is 0 Å². The molecule has 2 saturated carbocycles. The van der Waals surface area contributed by atoms with E-state index in [0.717, 1.165) is 34.8 Å². The number of hydrogen-bond donors (Lipinski definition) is 0. The van der Waals surface area contributed by atoms with E-state index >= 15 is 0 Å². The Kier molecular flexibility index (Phi) is 14.2. The molecule has 0 atom stereocenters. The van der Waals surface area contributed by atoms with Crippen LogP contribution in [-0.2, 0) is 0 Å². The van der Waals surface area contributed by atoms with Gasteiger partial charge in [0.1, 0.15) is 0 Å². The minimum atomic E-state index is 0.163. The van der Waals surface area contributed by atoms with Crippen molar-refractivity contribution in [2.75, 3.05) is 0 Å². The lowest BCUT2D eigenvalue weighted by molar-refractivity contribution is 0.100. The quantitative estimate of drug-likeness (QED) is 0.197. The lowest BCUT2D eigenvalue weighted by Gasteiger charge is -2.29. The maximum atomic E-state index is 11.3. The zero-order chi connectivity index (χ0) is 28.7. The first-order valence-electron chi connectivity index (χ1n) is 16.6. The summed E-state index contributed by atoms with van der Waals surface area (Å²) in [6.45, 7) is 7.83. The van der Waals surface area contributed by atoms with Gasteiger partial charge in [-0.25, -0.2) is 0 Å². The molecule has 2 aliphatic rings. The zero-order valence-electron chi connectivity index (χ0n) is 26.1. The fourth-order valence-electron chi connectivity index (χ4n) is 6.91. The standard InChI is InChI=1S/2C19H28O/c2*1-3-4-5-6-16-7-9-18(10-8-16)19-13-11-17(12-14-19)15(2)20/h2*11-14,16,18H,3-10H2,1-2H3. The van der Waals surface area contributed by atoms with E-state index in [1.165, 1.54) is 114 Å². The third-order valence-corrected chi connectivity index (χ3v) is 9.70. The van der Waals surface area contributed by atoms with E-state index in [4.69, 9.17) is 0 Å². The van der Waals surface area contributed by atoms with Crippen LogP contribution in [0.2, 0.25) is 0 Å². The van der Waals surface area contributed by atoms with Crippen molar-refractivity contribution in [1.29, 1.82) is 0 Å². The molecule has 0 radical (unpaired) electrons. The highest BCUT2D eigenvalue weighted by atomic mass is 16.1. The molecule has 2 aliphatic carbocycles. The fraction of sp³-hybridized carbons (Fsp3) is 0.632. The molecule has 0 spiro atoms. The average Bonchev–Trinajstić information content (AvgIpc) is 2.99. The predicted molar refractivity (Wildman–Crippen MR) is 171 cm³/mol. The molecular weight excluding hydrogens is 488 g/mol. The molecule has 2 heteroatoms. The molecule has 0 heterocycles. The number of Topliss-reactive ketones (excluding diaryl/α,β-unsaturated/α-hetero) is 2. The molecule has 40 heavy (non-hydrogen) atoms. The van der Waals surface area contributed by atoms with Gasteiger partial charge >= 0.3 is 0 Å². The Hall–Kier alpha value is -2.22. The van der Waals surface area contributed by atoms with Gasteiger partial charge in [-0.3, -0.25) is 9.59 Å². The number of carbonyl (C=O) groups excluding carboxylic acids is 2. The largest absolute Gasteiger partial charge is 0.295 e. The highest BCUT2D eigenvalue weighted by Crippen LogP contribution is 2.39. The van der Waals surface area contributed by atoms with Crippen LogP contribution in [0.4, 0.5) is 0 Å². The Morgan fingerprint density at radius 3 is 1.12 bits per heavy atom. The van der Waals surface area contributed by atoms with Crippen LogP contribution >= 0.6 is 0 Å². The molecule has 0 unspecified atom stereocenters. The average molecular weight is 545 g/mol. The summed E-state index contributed by atoms with van der Waals surface area (Å²) in [6, 6.07) is 16.6. The van der Waals surface area contributed by atoms with Crippen LogP contribution in [0, 0.1) is 11.8 Å². The van der Waals surface area contributed by atoms with Gasteiger partial charge in [-0.2, -0.15) is 0 Å². The molecule has 0 aliphatic heterocycles. The molecule has 2 nitrogen and oxygen atoms in total. The summed E-state index contributed by atoms with van der Waals surface area (Å²) in [5, 5.41) is 0. The molecule has 220 valence electrons. The van der Waals surface area contributed by atoms with Crippen LogP contribution in [0.1, 0.15) is 174 Å². The van der Waals surface area contributed by atoms with Crippen LogP contribution in [0.15, 0.2) is 48.5 Å². The van der Waals surface area contributed by atoms with E-state index in [0.29, 0.717) is 0 Å². The van der Waals surface area contributed by atoms with Crippen LogP contribution < -0.4 is 0 Å². The maximum Gasteiger partial charge on any atom is 0.159 e. The number of benzene rings is 2. The van der Waals surface area contributed by atoms with Crippen molar-refractivity contribution in [2.24, 2.45) is 11.8 Å². The molecule has 2 fully saturated rings. The molecule has 0 aromatic heterocycles. The first-order valence-corrected chi connectivity index (χ1v) is 16.6. The minimum absolute atomic E-state index is 0.163. The summed E-state index contributed by atoms with van der Waals surface area (Å²) < 4.78 is 0. The highest BCUT2D eigenvalue weighted by molar-refractivity contribution is 5.94. The van der Waals surface area contributed by atoms with Crippen LogP contribution in [0.5, 0.6) is 0 Å². The minimum Gasteiger partial charge on any atom is -0.295 e. The molecule has 4 rings (SSSR count). The third-order valence-electron chi connectivity index (χ3n) is 9.70. The van der Waals surface area contributed by atoms with Gasteiger partial charge in [0.2, 0.25) is 0 Å². The summed E-state index contributed by atoms with van der Waals surface area (Å²) in [4.78, 5) is 22.6. The SMILES string of the molecule is CCCCCC1CCC(c2ccc(C(C)=O)cc2)CC1.CCCCCC1CCC(c2ccc(C(C)=O)cc2)CC1. The molecule has 0 N–H and O–H groups in total. The second kappa shape index (κ2) is 17.6. The number of carbonyl (C=O) groups is 2. The Morgan fingerprint density at radius 2 is 0.850 bits per heavy atom. The van der Waals surface area contributed by atoms with E-state index in [1.807, 2.05) is 24.3 Å². The van der Waals surface area contributed by atoms with Crippen LogP contribution in [0.3, 0.4) is 0 Å². The smallest absolute Gasteiger partial charge is 0.159 e. The van der Waals surface area contributed by atoms with Crippen molar-refractivity contribution in [2.45, 2.75) is 142 Å². The fourth-order valence-corrected chi connectivity index (χ4v) is 6.91. The van der Waals surface area contributed by atoms with Gasteiger partial charge in [0, 0.05) is 11.1 Å². The monoisotopic (exact) mass is 544 g/mol. The molecular formula is C38H56O2. The second-order valence-corrected chi connectivity index (χ2v) is 12.8. The van der Waals surface area contributed by atoms with Crippen molar-refractivity contribution < 1.29 is 9.59 Å². The maximum absolute atomic E-state index is 11.3. The zero-order valence-corrected chi connectivity index (χ0v) is 26.1. The van der Waals surface area contributed by atoms with Crippen molar-refractivity contribution in [3.63, 3.8) is 0 Å². The van der Waals surface area contributed by atoms with Gasteiger partial charge in [-0.05, 0) is 100 Å². The normalized spacial score (nSPS) is 22.7. The van der Waals surface area contributed by atoms with E-state index in [9.17, 15) is 9.59 Å². The van der Waals surface area contributed by atoms with E-state index in [2.05, 4.69) is 38.1 Å². The number of rotatable bonds is 12.